The van der Waals surface area contributed by atoms with Gasteiger partial charge in [-0.25, -0.2) is 0 Å². The zero-order valence-electron chi connectivity index (χ0n) is 11.4. The summed E-state index contributed by atoms with van der Waals surface area (Å²) in [5.41, 5.74) is 7.21. The summed E-state index contributed by atoms with van der Waals surface area (Å²) in [4.78, 5) is 0. The Hall–Kier alpha value is -1.03. The number of hydrogen-bond donors (Lipinski definition) is 1. The summed E-state index contributed by atoms with van der Waals surface area (Å²) in [6.07, 6.45) is 5.94. The molecule has 0 aromatic carbocycles. The van der Waals surface area contributed by atoms with Crippen LogP contribution < -0.4 is 10.5 Å². The smallest absolute Gasteiger partial charge is 0.159 e. The average molecular weight is 239 g/mol. The third-order valence-corrected chi connectivity index (χ3v) is 2.98. The predicted molar refractivity (Wildman–Crippen MR) is 70.4 cm³/mol. The molecule has 0 bridgehead atoms. The summed E-state index contributed by atoms with van der Waals surface area (Å²) >= 11 is 0. The lowest BCUT2D eigenvalue weighted by molar-refractivity contribution is 0.401. The van der Waals surface area contributed by atoms with Gasteiger partial charge in [-0.2, -0.15) is 5.10 Å². The molecule has 0 fully saturated rings. The Morgan fingerprint density at radius 1 is 1.41 bits per heavy atom. The second kappa shape index (κ2) is 6.64. The molecule has 1 aromatic heterocycles. The summed E-state index contributed by atoms with van der Waals surface area (Å²) in [6, 6.07) is 0.636. The fourth-order valence-corrected chi connectivity index (χ4v) is 2.06. The molecular formula is C13H25N3O. The van der Waals surface area contributed by atoms with Gasteiger partial charge in [-0.15, -0.1) is 0 Å². The van der Waals surface area contributed by atoms with Gasteiger partial charge in [0, 0.05) is 12.1 Å². The van der Waals surface area contributed by atoms with Crippen LogP contribution >= 0.6 is 0 Å². The SMILES string of the molecule is CCCC(N)CCc1c(OC)cnn1C(C)C. The maximum Gasteiger partial charge on any atom is 0.159 e. The largest absolute Gasteiger partial charge is 0.493 e. The zero-order chi connectivity index (χ0) is 12.8. The third-order valence-electron chi connectivity index (χ3n) is 2.98. The first kappa shape index (κ1) is 14.0. The van der Waals surface area contributed by atoms with Crippen LogP contribution in [-0.2, 0) is 6.42 Å². The van der Waals surface area contributed by atoms with E-state index in [0.29, 0.717) is 6.04 Å². The van der Waals surface area contributed by atoms with Crippen LogP contribution in [0.3, 0.4) is 0 Å². The number of nitrogens with zero attached hydrogens (tertiary/aromatic N) is 2. The number of methoxy groups -OCH3 is 1. The van der Waals surface area contributed by atoms with Crippen molar-refractivity contribution in [2.24, 2.45) is 5.73 Å². The van der Waals surface area contributed by atoms with Gasteiger partial charge in [0.25, 0.3) is 0 Å². The molecule has 17 heavy (non-hydrogen) atoms. The first-order valence-electron chi connectivity index (χ1n) is 6.46. The minimum atomic E-state index is 0.278. The average Bonchev–Trinajstić information content (AvgIpc) is 2.69. The quantitative estimate of drug-likeness (QED) is 0.795. The molecular weight excluding hydrogens is 214 g/mol. The predicted octanol–water partition coefficient (Wildman–Crippen LogP) is 2.53. The maximum atomic E-state index is 6.05. The van der Waals surface area contributed by atoms with Crippen LogP contribution in [0.25, 0.3) is 0 Å². The molecule has 1 rings (SSSR count). The Morgan fingerprint density at radius 2 is 2.12 bits per heavy atom. The van der Waals surface area contributed by atoms with Crippen molar-refractivity contribution in [1.29, 1.82) is 0 Å². The highest BCUT2D eigenvalue weighted by molar-refractivity contribution is 5.25. The lowest BCUT2D eigenvalue weighted by atomic mass is 10.1. The second-order valence-corrected chi connectivity index (χ2v) is 4.79. The Morgan fingerprint density at radius 3 is 2.65 bits per heavy atom. The fraction of sp³-hybridized carbons (Fsp3) is 0.769. The summed E-state index contributed by atoms with van der Waals surface area (Å²) in [5.74, 6) is 0.877. The van der Waals surface area contributed by atoms with Crippen LogP contribution in [0.15, 0.2) is 6.20 Å². The van der Waals surface area contributed by atoms with E-state index in [-0.39, 0.29) is 6.04 Å². The van der Waals surface area contributed by atoms with Crippen molar-refractivity contribution >= 4 is 0 Å². The molecule has 0 saturated carbocycles. The molecule has 1 aromatic rings. The van der Waals surface area contributed by atoms with Gasteiger partial charge in [-0.1, -0.05) is 13.3 Å². The van der Waals surface area contributed by atoms with Crippen LogP contribution in [0.4, 0.5) is 0 Å². The van der Waals surface area contributed by atoms with Crippen molar-refractivity contribution in [2.45, 2.75) is 58.5 Å². The van der Waals surface area contributed by atoms with Gasteiger partial charge in [0.15, 0.2) is 5.75 Å². The van der Waals surface area contributed by atoms with Gasteiger partial charge in [0.05, 0.1) is 19.0 Å². The van der Waals surface area contributed by atoms with E-state index >= 15 is 0 Å². The Balaban J connectivity index is 2.70. The number of rotatable bonds is 7. The lowest BCUT2D eigenvalue weighted by Gasteiger charge is -2.14. The molecule has 0 aliphatic carbocycles. The molecule has 0 spiro atoms. The second-order valence-electron chi connectivity index (χ2n) is 4.79. The zero-order valence-corrected chi connectivity index (χ0v) is 11.4. The van der Waals surface area contributed by atoms with Crippen molar-refractivity contribution in [2.75, 3.05) is 7.11 Å². The third kappa shape index (κ3) is 3.73. The normalized spacial score (nSPS) is 13.1. The van der Waals surface area contributed by atoms with E-state index in [9.17, 15) is 0 Å². The topological polar surface area (TPSA) is 53.1 Å². The number of hydrogen-bond acceptors (Lipinski definition) is 3. The van der Waals surface area contributed by atoms with Gasteiger partial charge in [0.2, 0.25) is 0 Å². The molecule has 2 N–H and O–H groups in total. The minimum Gasteiger partial charge on any atom is -0.493 e. The van der Waals surface area contributed by atoms with Gasteiger partial charge in [-0.05, 0) is 33.1 Å². The molecule has 1 heterocycles. The summed E-state index contributed by atoms with van der Waals surface area (Å²) in [6.45, 7) is 6.42. The molecule has 98 valence electrons. The van der Waals surface area contributed by atoms with Crippen molar-refractivity contribution in [3.8, 4) is 5.75 Å². The molecule has 0 radical (unpaired) electrons. The van der Waals surface area contributed by atoms with E-state index in [4.69, 9.17) is 10.5 Å². The molecule has 0 saturated heterocycles. The minimum absolute atomic E-state index is 0.278. The Labute approximate surface area is 104 Å². The van der Waals surface area contributed by atoms with E-state index in [1.54, 1.807) is 13.3 Å². The summed E-state index contributed by atoms with van der Waals surface area (Å²) in [5, 5.41) is 4.36. The van der Waals surface area contributed by atoms with Crippen LogP contribution in [0.1, 0.15) is 51.8 Å². The van der Waals surface area contributed by atoms with E-state index in [0.717, 1.165) is 37.1 Å². The first-order chi connectivity index (χ1) is 8.10. The molecule has 0 aliphatic heterocycles. The van der Waals surface area contributed by atoms with Crippen LogP contribution in [0, 0.1) is 0 Å². The van der Waals surface area contributed by atoms with Gasteiger partial charge >= 0.3 is 0 Å². The highest BCUT2D eigenvalue weighted by Crippen LogP contribution is 2.23. The van der Waals surface area contributed by atoms with Gasteiger partial charge < -0.3 is 10.5 Å². The number of aromatic nitrogens is 2. The molecule has 4 nitrogen and oxygen atoms in total. The molecule has 0 amide bonds. The number of ether oxygens (including phenoxy) is 1. The van der Waals surface area contributed by atoms with Crippen LogP contribution in [-0.4, -0.2) is 22.9 Å². The van der Waals surface area contributed by atoms with E-state index in [1.165, 1.54) is 0 Å². The Bertz CT molecular complexity index is 333. The van der Waals surface area contributed by atoms with E-state index in [2.05, 4.69) is 25.9 Å². The number of nitrogens with two attached hydrogens (primary N) is 1. The van der Waals surface area contributed by atoms with Crippen LogP contribution in [0.2, 0.25) is 0 Å². The van der Waals surface area contributed by atoms with Crippen molar-refractivity contribution in [3.63, 3.8) is 0 Å². The first-order valence-corrected chi connectivity index (χ1v) is 6.46. The van der Waals surface area contributed by atoms with Gasteiger partial charge in [0.1, 0.15) is 0 Å². The van der Waals surface area contributed by atoms with Gasteiger partial charge in [-0.3, -0.25) is 4.68 Å². The van der Waals surface area contributed by atoms with E-state index < -0.39 is 0 Å². The Kier molecular flexibility index (Phi) is 5.48. The van der Waals surface area contributed by atoms with Crippen molar-refractivity contribution in [3.05, 3.63) is 11.9 Å². The lowest BCUT2D eigenvalue weighted by Crippen LogP contribution is -2.21. The highest BCUT2D eigenvalue weighted by Gasteiger charge is 2.14. The molecule has 4 heteroatoms. The summed E-state index contributed by atoms with van der Waals surface area (Å²) < 4.78 is 7.37. The van der Waals surface area contributed by atoms with Crippen molar-refractivity contribution in [1.82, 2.24) is 9.78 Å². The summed E-state index contributed by atoms with van der Waals surface area (Å²) in [7, 11) is 1.69. The monoisotopic (exact) mass is 239 g/mol. The van der Waals surface area contributed by atoms with Crippen molar-refractivity contribution < 1.29 is 4.74 Å². The molecule has 0 aliphatic rings. The van der Waals surface area contributed by atoms with Crippen LogP contribution in [0.5, 0.6) is 5.75 Å². The standard InChI is InChI=1S/C13H25N3O/c1-5-6-11(14)7-8-12-13(17-4)9-15-16(12)10(2)3/h9-11H,5-8,14H2,1-4H3. The fourth-order valence-electron chi connectivity index (χ4n) is 2.06. The molecule has 1 atom stereocenters. The highest BCUT2D eigenvalue weighted by atomic mass is 16.5. The van der Waals surface area contributed by atoms with E-state index in [1.807, 2.05) is 4.68 Å². The maximum absolute atomic E-state index is 6.05. The molecule has 1 unspecified atom stereocenters.